The zero-order chi connectivity index (χ0) is 27.4. The van der Waals surface area contributed by atoms with E-state index in [9.17, 15) is 13.6 Å². The van der Waals surface area contributed by atoms with E-state index in [2.05, 4.69) is 15.3 Å². The molecule has 4 aromatic rings. The minimum absolute atomic E-state index is 0.0288. The Kier molecular flexibility index (Phi) is 7.64. The highest BCUT2D eigenvalue weighted by Gasteiger charge is 2.26. The van der Waals surface area contributed by atoms with Crippen molar-refractivity contribution >= 4 is 34.0 Å². The van der Waals surface area contributed by atoms with Gasteiger partial charge < -0.3 is 24.6 Å². The van der Waals surface area contributed by atoms with E-state index in [4.69, 9.17) is 9.47 Å². The average Bonchev–Trinajstić information content (AvgIpc) is 2.92. The molecule has 8 nitrogen and oxygen atoms in total. The lowest BCUT2D eigenvalue weighted by Crippen LogP contribution is -2.37. The van der Waals surface area contributed by atoms with E-state index in [1.165, 1.54) is 30.6 Å². The second-order valence-electron chi connectivity index (χ2n) is 9.22. The Hall–Kier alpha value is -4.57. The fourth-order valence-electron chi connectivity index (χ4n) is 4.23. The first-order valence-electron chi connectivity index (χ1n) is 12.4. The van der Waals surface area contributed by atoms with Gasteiger partial charge in [-0.3, -0.25) is 4.79 Å². The van der Waals surface area contributed by atoms with E-state index in [1.54, 1.807) is 41.3 Å². The highest BCUT2D eigenvalue weighted by Crippen LogP contribution is 2.41. The Morgan fingerprint density at radius 3 is 2.82 bits per heavy atom. The van der Waals surface area contributed by atoms with E-state index in [1.807, 2.05) is 25.1 Å². The molecule has 1 aromatic heterocycles. The van der Waals surface area contributed by atoms with Crippen LogP contribution in [0.3, 0.4) is 0 Å². The van der Waals surface area contributed by atoms with Crippen LogP contribution in [0, 0.1) is 11.6 Å². The molecule has 3 aromatic carbocycles. The summed E-state index contributed by atoms with van der Waals surface area (Å²) in [5.74, 6) is -0.201. The highest BCUT2D eigenvalue weighted by molar-refractivity contribution is 6.07. The van der Waals surface area contributed by atoms with Crippen LogP contribution in [0.5, 0.6) is 11.5 Å². The Morgan fingerprint density at radius 2 is 2.03 bits per heavy atom. The third-order valence-electron chi connectivity index (χ3n) is 6.06. The third kappa shape index (κ3) is 5.96. The predicted octanol–water partition coefficient (Wildman–Crippen LogP) is 5.07. The Morgan fingerprint density at radius 1 is 1.15 bits per heavy atom. The number of anilines is 3. The van der Waals surface area contributed by atoms with Crippen molar-refractivity contribution in [3.8, 4) is 11.5 Å². The van der Waals surface area contributed by atoms with E-state index in [0.29, 0.717) is 59.1 Å². The van der Waals surface area contributed by atoms with Gasteiger partial charge in [0.25, 0.3) is 5.91 Å². The predicted molar refractivity (Wildman–Crippen MR) is 145 cm³/mol. The van der Waals surface area contributed by atoms with Crippen LogP contribution >= 0.6 is 0 Å². The molecule has 1 amide bonds. The number of halogens is 2. The van der Waals surface area contributed by atoms with Gasteiger partial charge >= 0.3 is 0 Å². The molecule has 0 saturated carbocycles. The van der Waals surface area contributed by atoms with Gasteiger partial charge in [-0.25, -0.2) is 18.7 Å². The van der Waals surface area contributed by atoms with Crippen LogP contribution in [0.4, 0.5) is 26.0 Å². The smallest absolute Gasteiger partial charge is 0.250 e. The van der Waals surface area contributed by atoms with Gasteiger partial charge in [-0.1, -0.05) is 18.2 Å². The van der Waals surface area contributed by atoms with Gasteiger partial charge in [-0.05, 0) is 56.1 Å². The number of hydrogen-bond acceptors (Lipinski definition) is 7. The molecule has 0 aliphatic carbocycles. The van der Waals surface area contributed by atoms with E-state index >= 15 is 0 Å². The van der Waals surface area contributed by atoms with E-state index in [0.717, 1.165) is 0 Å². The Labute approximate surface area is 224 Å². The molecule has 0 fully saturated rings. The average molecular weight is 532 g/mol. The first-order chi connectivity index (χ1) is 18.9. The molecular formula is C29H27F2N5O3. The molecule has 200 valence electrons. The SMILES string of the molecule is CN(C)C/C=C/C(=O)N1CCOc2c1ccc1ncnc(Nc3ccc(OCc4cccc(F)c4)c(F)c3)c21. The van der Waals surface area contributed by atoms with Crippen LogP contribution in [0.15, 0.2) is 73.1 Å². The van der Waals surface area contributed by atoms with Crippen molar-refractivity contribution in [1.29, 1.82) is 0 Å². The van der Waals surface area contributed by atoms with Crippen molar-refractivity contribution in [2.45, 2.75) is 6.61 Å². The number of nitrogens with one attached hydrogen (secondary N) is 1. The van der Waals surface area contributed by atoms with Crippen molar-refractivity contribution in [3.63, 3.8) is 0 Å². The van der Waals surface area contributed by atoms with Crippen molar-refractivity contribution in [3.05, 3.63) is 90.3 Å². The fourth-order valence-corrected chi connectivity index (χ4v) is 4.23. The molecular weight excluding hydrogens is 504 g/mol. The molecule has 5 rings (SSSR count). The molecule has 0 spiro atoms. The minimum Gasteiger partial charge on any atom is -0.489 e. The minimum atomic E-state index is -0.589. The number of nitrogens with zero attached hydrogens (tertiary/aromatic N) is 4. The Balaban J connectivity index is 1.39. The Bertz CT molecular complexity index is 1540. The maximum atomic E-state index is 14.9. The van der Waals surface area contributed by atoms with Crippen molar-refractivity contribution in [1.82, 2.24) is 14.9 Å². The second kappa shape index (κ2) is 11.4. The van der Waals surface area contributed by atoms with E-state index in [-0.39, 0.29) is 24.1 Å². The largest absolute Gasteiger partial charge is 0.489 e. The lowest BCUT2D eigenvalue weighted by Gasteiger charge is -2.30. The molecule has 0 unspecified atom stereocenters. The van der Waals surface area contributed by atoms with Gasteiger partial charge in [0.1, 0.15) is 31.2 Å². The number of amides is 1. The topological polar surface area (TPSA) is 79.8 Å². The molecule has 1 aliphatic heterocycles. The van der Waals surface area contributed by atoms with Crippen LogP contribution in [0.25, 0.3) is 10.9 Å². The fraction of sp³-hybridized carbons (Fsp3) is 0.207. The van der Waals surface area contributed by atoms with Gasteiger partial charge in [-0.15, -0.1) is 0 Å². The van der Waals surface area contributed by atoms with Crippen molar-refractivity contribution < 1.29 is 23.0 Å². The van der Waals surface area contributed by atoms with Gasteiger partial charge in [-0.2, -0.15) is 0 Å². The summed E-state index contributed by atoms with van der Waals surface area (Å²) in [5, 5.41) is 3.72. The van der Waals surface area contributed by atoms with E-state index < -0.39 is 5.82 Å². The van der Waals surface area contributed by atoms with Crippen LogP contribution < -0.4 is 19.7 Å². The number of likely N-dealkylation sites (N-methyl/N-ethyl adjacent to an activating group) is 1. The first-order valence-corrected chi connectivity index (χ1v) is 12.4. The normalized spacial score (nSPS) is 13.0. The number of carbonyl (C=O) groups is 1. The quantitative estimate of drug-likeness (QED) is 0.318. The molecule has 2 heterocycles. The number of fused-ring (bicyclic) bond motifs is 3. The van der Waals surface area contributed by atoms with Crippen LogP contribution in [-0.2, 0) is 11.4 Å². The summed E-state index contributed by atoms with van der Waals surface area (Å²) in [4.78, 5) is 25.3. The zero-order valence-corrected chi connectivity index (χ0v) is 21.5. The number of aromatic nitrogens is 2. The summed E-state index contributed by atoms with van der Waals surface area (Å²) < 4.78 is 39.8. The zero-order valence-electron chi connectivity index (χ0n) is 21.5. The maximum Gasteiger partial charge on any atom is 0.250 e. The highest BCUT2D eigenvalue weighted by atomic mass is 19.1. The van der Waals surface area contributed by atoms with Crippen LogP contribution in [-0.4, -0.2) is 54.6 Å². The van der Waals surface area contributed by atoms with Crippen molar-refractivity contribution in [2.75, 3.05) is 44.0 Å². The number of ether oxygens (including phenoxy) is 2. The van der Waals surface area contributed by atoms with Crippen LogP contribution in [0.2, 0.25) is 0 Å². The molecule has 0 atom stereocenters. The number of rotatable bonds is 8. The summed E-state index contributed by atoms with van der Waals surface area (Å²) in [6, 6.07) is 14.0. The van der Waals surface area contributed by atoms with Gasteiger partial charge in [0.05, 0.1) is 23.1 Å². The molecule has 0 saturated heterocycles. The van der Waals surface area contributed by atoms with Gasteiger partial charge in [0.15, 0.2) is 17.3 Å². The van der Waals surface area contributed by atoms with Crippen molar-refractivity contribution in [2.24, 2.45) is 0 Å². The maximum absolute atomic E-state index is 14.9. The molecule has 39 heavy (non-hydrogen) atoms. The molecule has 0 bridgehead atoms. The molecule has 0 radical (unpaired) electrons. The standard InChI is InChI=1S/C29H27F2N5O3/c1-35(2)12-4-7-26(37)36-13-14-38-28-24(36)10-9-23-27(28)29(33-18-32-23)34-21-8-11-25(22(31)16-21)39-17-19-5-3-6-20(30)15-19/h3-11,15-16,18H,12-14,17H2,1-2H3,(H,32,33,34)/b7-4+. The third-order valence-corrected chi connectivity index (χ3v) is 6.06. The molecule has 1 N–H and O–H groups in total. The molecule has 1 aliphatic rings. The number of hydrogen-bond donors (Lipinski definition) is 1. The second-order valence-corrected chi connectivity index (χ2v) is 9.22. The first kappa shape index (κ1) is 26.1. The lowest BCUT2D eigenvalue weighted by atomic mass is 10.1. The summed E-state index contributed by atoms with van der Waals surface area (Å²) in [5.41, 5.74) is 2.24. The van der Waals surface area contributed by atoms with Gasteiger partial charge in [0, 0.05) is 24.4 Å². The van der Waals surface area contributed by atoms with Gasteiger partial charge in [0.2, 0.25) is 0 Å². The molecule has 10 heteroatoms. The number of benzene rings is 3. The van der Waals surface area contributed by atoms with Crippen LogP contribution in [0.1, 0.15) is 5.56 Å². The monoisotopic (exact) mass is 531 g/mol. The summed E-state index contributed by atoms with van der Waals surface area (Å²) in [6.45, 7) is 1.39. The summed E-state index contributed by atoms with van der Waals surface area (Å²) >= 11 is 0. The summed E-state index contributed by atoms with van der Waals surface area (Å²) in [7, 11) is 3.86. The number of carbonyl (C=O) groups excluding carboxylic acids is 1. The summed E-state index contributed by atoms with van der Waals surface area (Å²) in [6.07, 6.45) is 4.77. The lowest BCUT2D eigenvalue weighted by molar-refractivity contribution is -0.114.